The summed E-state index contributed by atoms with van der Waals surface area (Å²) in [5.74, 6) is -0.613. The Morgan fingerprint density at radius 3 is 1.69 bits per heavy atom. The lowest BCUT2D eigenvalue weighted by Crippen LogP contribution is -2.52. The molecular formula is C22H22Cl2F2N2O. The zero-order valence-electron chi connectivity index (χ0n) is 16.0. The first kappa shape index (κ1) is 20.6. The van der Waals surface area contributed by atoms with Crippen LogP contribution in [-0.2, 0) is 4.79 Å². The minimum atomic E-state index is -0.980. The number of carbonyl (C=O) groups is 1. The molecule has 0 bridgehead atoms. The van der Waals surface area contributed by atoms with Crippen LogP contribution in [0.3, 0.4) is 0 Å². The van der Waals surface area contributed by atoms with E-state index >= 15 is 0 Å². The molecule has 2 aliphatic rings. The number of piperazine rings is 1. The standard InChI is InChI=1S/C22H22Cl2F2N2O/c1-21(14-22(21,23)24)20(29)28-12-10-27(11-13-28)19(15-2-6-17(25)7-3-15)16-4-8-18(26)9-5-16/h2-9,19H,10-14H2,1H3. The summed E-state index contributed by atoms with van der Waals surface area (Å²) in [5, 5.41) is 0. The van der Waals surface area contributed by atoms with Gasteiger partial charge in [0.2, 0.25) is 5.91 Å². The summed E-state index contributed by atoms with van der Waals surface area (Å²) < 4.78 is 25.9. The van der Waals surface area contributed by atoms with E-state index in [1.807, 2.05) is 11.8 Å². The number of halogens is 4. The summed E-state index contributed by atoms with van der Waals surface area (Å²) in [4.78, 5) is 16.9. The molecule has 0 radical (unpaired) electrons. The molecule has 1 amide bonds. The van der Waals surface area contributed by atoms with Crippen molar-refractivity contribution in [3.63, 3.8) is 0 Å². The van der Waals surface area contributed by atoms with E-state index in [2.05, 4.69) is 4.90 Å². The van der Waals surface area contributed by atoms with E-state index < -0.39 is 9.75 Å². The highest BCUT2D eigenvalue weighted by molar-refractivity contribution is 6.53. The molecule has 154 valence electrons. The minimum absolute atomic E-state index is 0.0118. The third-order valence-electron chi connectivity index (χ3n) is 6.07. The van der Waals surface area contributed by atoms with Crippen LogP contribution in [0.1, 0.15) is 30.5 Å². The summed E-state index contributed by atoms with van der Waals surface area (Å²) in [5.41, 5.74) is 1.13. The van der Waals surface area contributed by atoms with Gasteiger partial charge in [-0.2, -0.15) is 0 Å². The SMILES string of the molecule is CC1(C(=O)N2CCN(C(c3ccc(F)cc3)c3ccc(F)cc3)CC2)CC1(Cl)Cl. The van der Waals surface area contributed by atoms with Gasteiger partial charge in [-0.25, -0.2) is 8.78 Å². The average molecular weight is 439 g/mol. The highest BCUT2D eigenvalue weighted by Gasteiger charge is 2.68. The molecular weight excluding hydrogens is 417 g/mol. The van der Waals surface area contributed by atoms with E-state index in [-0.39, 0.29) is 23.6 Å². The predicted molar refractivity (Wildman–Crippen MR) is 110 cm³/mol. The van der Waals surface area contributed by atoms with Crippen LogP contribution >= 0.6 is 23.2 Å². The molecule has 4 rings (SSSR count). The van der Waals surface area contributed by atoms with Gasteiger partial charge in [0.15, 0.2) is 0 Å². The normalized spacial score (nSPS) is 24.0. The van der Waals surface area contributed by atoms with Gasteiger partial charge in [-0.15, -0.1) is 23.2 Å². The van der Waals surface area contributed by atoms with Crippen LogP contribution in [-0.4, -0.2) is 46.2 Å². The molecule has 1 saturated carbocycles. The van der Waals surface area contributed by atoms with Crippen LogP contribution in [0.15, 0.2) is 48.5 Å². The number of alkyl halides is 2. The Kier molecular flexibility index (Phi) is 5.34. The van der Waals surface area contributed by atoms with E-state index in [1.54, 1.807) is 24.3 Å². The average Bonchev–Trinajstić information content (AvgIpc) is 3.24. The van der Waals surface area contributed by atoms with Crippen LogP contribution in [0, 0.1) is 17.0 Å². The fourth-order valence-corrected chi connectivity index (χ4v) is 4.76. The van der Waals surface area contributed by atoms with Gasteiger partial charge in [0.1, 0.15) is 16.0 Å². The lowest BCUT2D eigenvalue weighted by atomic mass is 9.96. The molecule has 1 aliphatic heterocycles. The van der Waals surface area contributed by atoms with E-state index in [0.717, 1.165) is 11.1 Å². The molecule has 1 heterocycles. The van der Waals surface area contributed by atoms with Gasteiger partial charge in [0.05, 0.1) is 11.5 Å². The molecule has 2 fully saturated rings. The maximum absolute atomic E-state index is 13.4. The summed E-state index contributed by atoms with van der Waals surface area (Å²) in [6.07, 6.45) is 0.468. The Bertz CT molecular complexity index is 851. The highest BCUT2D eigenvalue weighted by Crippen LogP contribution is 2.64. The topological polar surface area (TPSA) is 23.6 Å². The first-order chi connectivity index (χ1) is 13.7. The van der Waals surface area contributed by atoms with E-state index in [0.29, 0.717) is 32.6 Å². The molecule has 29 heavy (non-hydrogen) atoms. The molecule has 1 atom stereocenters. The minimum Gasteiger partial charge on any atom is -0.340 e. The second kappa shape index (κ2) is 7.53. The quantitative estimate of drug-likeness (QED) is 0.641. The van der Waals surface area contributed by atoms with Crippen molar-refractivity contribution >= 4 is 29.1 Å². The molecule has 3 nitrogen and oxygen atoms in total. The fraction of sp³-hybridized carbons (Fsp3) is 0.409. The van der Waals surface area contributed by atoms with Crippen molar-refractivity contribution in [2.45, 2.75) is 23.7 Å². The zero-order chi connectivity index (χ0) is 20.8. The van der Waals surface area contributed by atoms with E-state index in [1.165, 1.54) is 24.3 Å². The molecule has 2 aromatic rings. The van der Waals surface area contributed by atoms with Gasteiger partial charge in [0.25, 0.3) is 0 Å². The van der Waals surface area contributed by atoms with Crippen molar-refractivity contribution in [2.24, 2.45) is 5.41 Å². The summed E-state index contributed by atoms with van der Waals surface area (Å²) in [6, 6.07) is 12.6. The van der Waals surface area contributed by atoms with Crippen LogP contribution in [0.2, 0.25) is 0 Å². The van der Waals surface area contributed by atoms with Crippen LogP contribution in [0.25, 0.3) is 0 Å². The first-order valence-corrected chi connectivity index (χ1v) is 10.4. The third kappa shape index (κ3) is 3.88. The van der Waals surface area contributed by atoms with Gasteiger partial charge < -0.3 is 4.90 Å². The van der Waals surface area contributed by atoms with Crippen molar-refractivity contribution < 1.29 is 13.6 Å². The summed E-state index contributed by atoms with van der Waals surface area (Å²) in [6.45, 7) is 4.19. The van der Waals surface area contributed by atoms with Crippen molar-refractivity contribution in [2.75, 3.05) is 26.2 Å². The monoisotopic (exact) mass is 438 g/mol. The molecule has 0 N–H and O–H groups in total. The number of rotatable bonds is 4. The first-order valence-electron chi connectivity index (χ1n) is 9.63. The summed E-state index contributed by atoms with van der Waals surface area (Å²) >= 11 is 12.3. The molecule has 7 heteroatoms. The number of benzene rings is 2. The molecule has 0 aromatic heterocycles. The fourth-order valence-electron chi connectivity index (χ4n) is 4.07. The zero-order valence-corrected chi connectivity index (χ0v) is 17.6. The van der Waals surface area contributed by atoms with Gasteiger partial charge >= 0.3 is 0 Å². The van der Waals surface area contributed by atoms with Gasteiger partial charge in [-0.1, -0.05) is 24.3 Å². The van der Waals surface area contributed by atoms with Crippen LogP contribution in [0.5, 0.6) is 0 Å². The van der Waals surface area contributed by atoms with Gasteiger partial charge in [0, 0.05) is 26.2 Å². The number of hydrogen-bond donors (Lipinski definition) is 0. The number of hydrogen-bond acceptors (Lipinski definition) is 2. The Labute approximate surface area is 179 Å². The van der Waals surface area contributed by atoms with Crippen molar-refractivity contribution in [3.05, 3.63) is 71.3 Å². The number of nitrogens with zero attached hydrogens (tertiary/aromatic N) is 2. The van der Waals surface area contributed by atoms with Crippen molar-refractivity contribution in [3.8, 4) is 0 Å². The second-order valence-electron chi connectivity index (χ2n) is 8.05. The Morgan fingerprint density at radius 1 is 0.897 bits per heavy atom. The smallest absolute Gasteiger partial charge is 0.231 e. The largest absolute Gasteiger partial charge is 0.340 e. The molecule has 1 unspecified atom stereocenters. The third-order valence-corrected chi connectivity index (χ3v) is 7.17. The lowest BCUT2D eigenvalue weighted by Gasteiger charge is -2.40. The van der Waals surface area contributed by atoms with Crippen molar-refractivity contribution in [1.29, 1.82) is 0 Å². The van der Waals surface area contributed by atoms with Gasteiger partial charge in [-0.3, -0.25) is 9.69 Å². The lowest BCUT2D eigenvalue weighted by molar-refractivity contribution is -0.138. The van der Waals surface area contributed by atoms with Gasteiger partial charge in [-0.05, 0) is 48.7 Å². The van der Waals surface area contributed by atoms with Crippen LogP contribution < -0.4 is 0 Å². The Balaban J connectivity index is 1.53. The molecule has 1 saturated heterocycles. The second-order valence-corrected chi connectivity index (χ2v) is 9.53. The van der Waals surface area contributed by atoms with E-state index in [9.17, 15) is 13.6 Å². The Hall–Kier alpha value is -1.69. The maximum Gasteiger partial charge on any atom is 0.231 e. The summed E-state index contributed by atoms with van der Waals surface area (Å²) in [7, 11) is 0. The predicted octanol–water partition coefficient (Wildman–Crippen LogP) is 4.78. The molecule has 2 aromatic carbocycles. The Morgan fingerprint density at radius 2 is 1.31 bits per heavy atom. The molecule has 1 aliphatic carbocycles. The van der Waals surface area contributed by atoms with Crippen LogP contribution in [0.4, 0.5) is 8.78 Å². The van der Waals surface area contributed by atoms with E-state index in [4.69, 9.17) is 23.2 Å². The molecule has 0 spiro atoms. The maximum atomic E-state index is 13.4. The number of amides is 1. The highest BCUT2D eigenvalue weighted by atomic mass is 35.5. The van der Waals surface area contributed by atoms with Crippen molar-refractivity contribution in [1.82, 2.24) is 9.80 Å². The number of carbonyl (C=O) groups excluding carboxylic acids is 1.